The number of carbonyl (C=O) groups excluding carboxylic acids is 1. The molecule has 1 saturated heterocycles. The van der Waals surface area contributed by atoms with Gasteiger partial charge in [-0.15, -0.1) is 0 Å². The second-order valence-electron chi connectivity index (χ2n) is 5.35. The summed E-state index contributed by atoms with van der Waals surface area (Å²) in [5.41, 5.74) is 0.903. The zero-order valence-electron chi connectivity index (χ0n) is 12.9. The first-order valence-corrected chi connectivity index (χ1v) is 7.49. The molecule has 0 aromatic heterocycles. The third-order valence-corrected chi connectivity index (χ3v) is 3.81. The summed E-state index contributed by atoms with van der Waals surface area (Å²) in [4.78, 5) is 16.1. The van der Waals surface area contributed by atoms with Gasteiger partial charge in [-0.3, -0.25) is 0 Å². The van der Waals surface area contributed by atoms with Crippen LogP contribution in [-0.4, -0.2) is 48.1 Å². The van der Waals surface area contributed by atoms with Gasteiger partial charge in [0.15, 0.2) is 0 Å². The molecule has 1 aromatic rings. The minimum absolute atomic E-state index is 0.0340. The molecule has 0 bridgehead atoms. The van der Waals surface area contributed by atoms with Crippen LogP contribution in [0.1, 0.15) is 32.4 Å². The van der Waals surface area contributed by atoms with Crippen LogP contribution in [0, 0.1) is 5.82 Å². The summed E-state index contributed by atoms with van der Waals surface area (Å²) >= 11 is 0. The molecule has 2 amide bonds. The highest BCUT2D eigenvalue weighted by Crippen LogP contribution is 2.26. The maximum Gasteiger partial charge on any atom is 0.320 e. The number of nitrogens with zero attached hydrogens (tertiary/aromatic N) is 2. The van der Waals surface area contributed by atoms with Gasteiger partial charge >= 0.3 is 6.03 Å². The highest BCUT2D eigenvalue weighted by Gasteiger charge is 2.30. The lowest BCUT2D eigenvalue weighted by molar-refractivity contribution is -0.0688. The van der Waals surface area contributed by atoms with Gasteiger partial charge < -0.3 is 14.5 Å². The van der Waals surface area contributed by atoms with Gasteiger partial charge in [0, 0.05) is 19.6 Å². The third-order valence-electron chi connectivity index (χ3n) is 3.81. The van der Waals surface area contributed by atoms with Crippen LogP contribution in [0.3, 0.4) is 0 Å². The van der Waals surface area contributed by atoms with E-state index >= 15 is 0 Å². The van der Waals surface area contributed by atoms with Crippen molar-refractivity contribution in [1.29, 1.82) is 0 Å². The number of benzene rings is 1. The minimum Gasteiger partial charge on any atom is -0.367 e. The van der Waals surface area contributed by atoms with Gasteiger partial charge in [0.25, 0.3) is 0 Å². The number of ether oxygens (including phenoxy) is 1. The standard InChI is InChI=1S/C16H23FN2O2/c1-4-18(5-2)16(20)19-10-12(3)21-15(11-19)13-6-8-14(17)9-7-13/h6-9,12,15H,4-5,10-11H2,1-3H3. The van der Waals surface area contributed by atoms with E-state index in [0.717, 1.165) is 5.56 Å². The summed E-state index contributed by atoms with van der Waals surface area (Å²) in [7, 11) is 0. The molecule has 0 N–H and O–H groups in total. The topological polar surface area (TPSA) is 32.8 Å². The van der Waals surface area contributed by atoms with Gasteiger partial charge in [-0.05, 0) is 38.5 Å². The Kier molecular flexibility index (Phi) is 5.17. The molecule has 1 heterocycles. The average molecular weight is 294 g/mol. The van der Waals surface area contributed by atoms with Crippen LogP contribution >= 0.6 is 0 Å². The van der Waals surface area contributed by atoms with E-state index in [4.69, 9.17) is 4.74 Å². The van der Waals surface area contributed by atoms with Crippen LogP contribution in [0.15, 0.2) is 24.3 Å². The summed E-state index contributed by atoms with van der Waals surface area (Å²) in [5, 5.41) is 0. The zero-order chi connectivity index (χ0) is 15.4. The van der Waals surface area contributed by atoms with Crippen molar-refractivity contribution in [3.8, 4) is 0 Å². The van der Waals surface area contributed by atoms with Crippen LogP contribution in [0.5, 0.6) is 0 Å². The molecule has 2 rings (SSSR count). The molecule has 0 spiro atoms. The predicted molar refractivity (Wildman–Crippen MR) is 79.6 cm³/mol. The molecule has 2 unspecified atom stereocenters. The third kappa shape index (κ3) is 3.73. The number of rotatable bonds is 3. The number of morpholine rings is 1. The number of urea groups is 1. The molecule has 21 heavy (non-hydrogen) atoms. The van der Waals surface area contributed by atoms with Crippen LogP contribution in [-0.2, 0) is 4.74 Å². The Bertz CT molecular complexity index is 474. The maximum atomic E-state index is 13.0. The Labute approximate surface area is 125 Å². The summed E-state index contributed by atoms with van der Waals surface area (Å²) in [6.07, 6.45) is -0.234. The number of hydrogen-bond acceptors (Lipinski definition) is 2. The molecule has 1 aliphatic rings. The minimum atomic E-state index is -0.265. The van der Waals surface area contributed by atoms with Gasteiger partial charge in [0.05, 0.1) is 12.6 Å². The Morgan fingerprint density at radius 2 is 1.90 bits per heavy atom. The van der Waals surface area contributed by atoms with Gasteiger partial charge in [0.1, 0.15) is 11.9 Å². The van der Waals surface area contributed by atoms with Gasteiger partial charge in [-0.1, -0.05) is 12.1 Å². The Balaban J connectivity index is 2.12. The quantitative estimate of drug-likeness (QED) is 0.858. The summed E-state index contributed by atoms with van der Waals surface area (Å²) in [6.45, 7) is 8.40. The first-order chi connectivity index (χ1) is 10.0. The van der Waals surface area contributed by atoms with Crippen LogP contribution in [0.25, 0.3) is 0 Å². The fourth-order valence-electron chi connectivity index (χ4n) is 2.66. The predicted octanol–water partition coefficient (Wildman–Crippen LogP) is 3.05. The van der Waals surface area contributed by atoms with Crippen molar-refractivity contribution in [1.82, 2.24) is 9.80 Å². The second-order valence-corrected chi connectivity index (χ2v) is 5.35. The molecule has 0 radical (unpaired) electrons. The number of amides is 2. The highest BCUT2D eigenvalue weighted by molar-refractivity contribution is 5.74. The number of hydrogen-bond donors (Lipinski definition) is 0. The first kappa shape index (κ1) is 15.8. The average Bonchev–Trinajstić information content (AvgIpc) is 2.48. The van der Waals surface area contributed by atoms with Gasteiger partial charge in [0.2, 0.25) is 0 Å². The molecule has 0 saturated carbocycles. The Hall–Kier alpha value is -1.62. The number of halogens is 1. The maximum absolute atomic E-state index is 13.0. The van der Waals surface area contributed by atoms with Crippen molar-refractivity contribution < 1.29 is 13.9 Å². The van der Waals surface area contributed by atoms with Crippen molar-refractivity contribution in [3.05, 3.63) is 35.6 Å². The van der Waals surface area contributed by atoms with E-state index in [2.05, 4.69) is 0 Å². The molecule has 0 aliphatic carbocycles. The number of carbonyl (C=O) groups is 1. The van der Waals surface area contributed by atoms with Crippen LogP contribution in [0.2, 0.25) is 0 Å². The molecule has 2 atom stereocenters. The molecule has 4 nitrogen and oxygen atoms in total. The van der Waals surface area contributed by atoms with Gasteiger partial charge in [-0.2, -0.15) is 0 Å². The van der Waals surface area contributed by atoms with Gasteiger partial charge in [-0.25, -0.2) is 9.18 Å². The Morgan fingerprint density at radius 1 is 1.29 bits per heavy atom. The van der Waals surface area contributed by atoms with Crippen LogP contribution in [0.4, 0.5) is 9.18 Å². The molecule has 1 aromatic carbocycles. The van der Waals surface area contributed by atoms with E-state index < -0.39 is 0 Å². The van der Waals surface area contributed by atoms with Crippen molar-refractivity contribution in [3.63, 3.8) is 0 Å². The van der Waals surface area contributed by atoms with E-state index in [1.54, 1.807) is 17.0 Å². The van der Waals surface area contributed by atoms with E-state index in [1.807, 2.05) is 25.7 Å². The van der Waals surface area contributed by atoms with Crippen molar-refractivity contribution >= 4 is 6.03 Å². The lowest BCUT2D eigenvalue weighted by Gasteiger charge is -2.39. The lowest BCUT2D eigenvalue weighted by Crippen LogP contribution is -2.51. The van der Waals surface area contributed by atoms with Crippen LogP contribution < -0.4 is 0 Å². The fraction of sp³-hybridized carbons (Fsp3) is 0.562. The molecule has 1 fully saturated rings. The van der Waals surface area contributed by atoms with Crippen molar-refractivity contribution in [2.24, 2.45) is 0 Å². The summed E-state index contributed by atoms with van der Waals surface area (Å²) in [5.74, 6) is -0.265. The summed E-state index contributed by atoms with van der Waals surface area (Å²) in [6, 6.07) is 6.33. The smallest absolute Gasteiger partial charge is 0.320 e. The molecular weight excluding hydrogens is 271 g/mol. The second kappa shape index (κ2) is 6.89. The zero-order valence-corrected chi connectivity index (χ0v) is 12.9. The molecule has 5 heteroatoms. The van der Waals surface area contributed by atoms with E-state index in [9.17, 15) is 9.18 Å². The molecule has 1 aliphatic heterocycles. The van der Waals surface area contributed by atoms with E-state index in [1.165, 1.54) is 12.1 Å². The normalized spacial score (nSPS) is 22.2. The van der Waals surface area contributed by atoms with Crippen molar-refractivity contribution in [2.45, 2.75) is 33.0 Å². The fourth-order valence-corrected chi connectivity index (χ4v) is 2.66. The summed E-state index contributed by atoms with van der Waals surface area (Å²) < 4.78 is 18.9. The van der Waals surface area contributed by atoms with E-state index in [0.29, 0.717) is 26.2 Å². The van der Waals surface area contributed by atoms with E-state index in [-0.39, 0.29) is 24.1 Å². The lowest BCUT2D eigenvalue weighted by atomic mass is 10.1. The Morgan fingerprint density at radius 3 is 2.48 bits per heavy atom. The molecule has 116 valence electrons. The highest BCUT2D eigenvalue weighted by atomic mass is 19.1. The molecular formula is C16H23FN2O2. The largest absolute Gasteiger partial charge is 0.367 e. The SMILES string of the molecule is CCN(CC)C(=O)N1CC(C)OC(c2ccc(F)cc2)C1. The monoisotopic (exact) mass is 294 g/mol. The van der Waals surface area contributed by atoms with Crippen molar-refractivity contribution in [2.75, 3.05) is 26.2 Å². The first-order valence-electron chi connectivity index (χ1n) is 7.49.